The predicted molar refractivity (Wildman–Crippen MR) is 124 cm³/mol. The Bertz CT molecular complexity index is 822. The Morgan fingerprint density at radius 1 is 1.13 bits per heavy atom. The van der Waals surface area contributed by atoms with E-state index in [4.69, 9.17) is 0 Å². The molecule has 1 fully saturated rings. The molecule has 0 spiro atoms. The molecule has 160 valence electrons. The predicted octanol–water partition coefficient (Wildman–Crippen LogP) is 3.04. The number of piperidine rings is 1. The number of likely N-dealkylation sites (N-methyl/N-ethyl adjacent to an activating group) is 1. The van der Waals surface area contributed by atoms with Crippen LogP contribution >= 0.6 is 0 Å². The average molecular weight is 408 g/mol. The quantitative estimate of drug-likeness (QED) is 0.571. The van der Waals surface area contributed by atoms with Gasteiger partial charge >= 0.3 is 0 Å². The lowest BCUT2D eigenvalue weighted by Crippen LogP contribution is -2.51. The molecule has 6 heteroatoms. The monoisotopic (exact) mass is 407 g/mol. The van der Waals surface area contributed by atoms with E-state index in [1.54, 1.807) is 19.0 Å². The fourth-order valence-electron chi connectivity index (χ4n) is 3.61. The Hall–Kier alpha value is -3.02. The maximum absolute atomic E-state index is 12.1. The van der Waals surface area contributed by atoms with Crippen LogP contribution < -0.4 is 15.5 Å². The lowest BCUT2D eigenvalue weighted by Gasteiger charge is -2.35. The summed E-state index contributed by atoms with van der Waals surface area (Å²) in [7, 11) is 3.51. The van der Waals surface area contributed by atoms with E-state index >= 15 is 0 Å². The second kappa shape index (κ2) is 10.7. The highest BCUT2D eigenvalue weighted by Gasteiger charge is 2.22. The van der Waals surface area contributed by atoms with E-state index in [-0.39, 0.29) is 24.5 Å². The van der Waals surface area contributed by atoms with Crippen LogP contribution in [0.25, 0.3) is 0 Å². The number of anilines is 1. The SMILES string of the molecule is CC(NC(=NCC(=O)N(C)C)NC1CCCN(c2ccccc2)C1)c1ccccc1. The van der Waals surface area contributed by atoms with Crippen LogP contribution in [-0.2, 0) is 4.79 Å². The van der Waals surface area contributed by atoms with Gasteiger partial charge in [0.05, 0.1) is 6.04 Å². The van der Waals surface area contributed by atoms with Gasteiger partial charge in [0.25, 0.3) is 0 Å². The molecular formula is C24H33N5O. The number of hydrogen-bond donors (Lipinski definition) is 2. The van der Waals surface area contributed by atoms with Crippen LogP contribution in [0, 0.1) is 0 Å². The molecule has 0 bridgehead atoms. The summed E-state index contributed by atoms with van der Waals surface area (Å²) in [5.41, 5.74) is 2.43. The van der Waals surface area contributed by atoms with Crippen molar-refractivity contribution in [2.75, 3.05) is 38.6 Å². The first kappa shape index (κ1) is 21.7. The number of rotatable bonds is 6. The van der Waals surface area contributed by atoms with Crippen LogP contribution in [0.3, 0.4) is 0 Å². The van der Waals surface area contributed by atoms with Crippen LogP contribution in [0.15, 0.2) is 65.7 Å². The topological polar surface area (TPSA) is 60.0 Å². The first-order valence-electron chi connectivity index (χ1n) is 10.7. The highest BCUT2D eigenvalue weighted by Crippen LogP contribution is 2.19. The van der Waals surface area contributed by atoms with Crippen molar-refractivity contribution in [2.24, 2.45) is 4.99 Å². The van der Waals surface area contributed by atoms with Gasteiger partial charge in [-0.2, -0.15) is 0 Å². The minimum absolute atomic E-state index is 0.0157. The zero-order chi connectivity index (χ0) is 21.3. The molecule has 0 saturated carbocycles. The zero-order valence-electron chi connectivity index (χ0n) is 18.2. The number of benzene rings is 2. The molecule has 1 aliphatic rings. The normalized spacial score (nSPS) is 17.9. The third-order valence-electron chi connectivity index (χ3n) is 5.41. The maximum atomic E-state index is 12.1. The van der Waals surface area contributed by atoms with E-state index in [0.717, 1.165) is 25.9 Å². The molecule has 1 aliphatic heterocycles. The van der Waals surface area contributed by atoms with Gasteiger partial charge in [0, 0.05) is 38.9 Å². The number of carbonyl (C=O) groups is 1. The number of amides is 1. The largest absolute Gasteiger partial charge is 0.369 e. The molecule has 1 heterocycles. The van der Waals surface area contributed by atoms with E-state index in [1.807, 2.05) is 24.3 Å². The molecule has 1 amide bonds. The third kappa shape index (κ3) is 6.24. The summed E-state index contributed by atoms with van der Waals surface area (Å²) in [6, 6.07) is 21.1. The number of aliphatic imine (C=N–C) groups is 1. The molecule has 3 rings (SSSR count). The molecule has 0 radical (unpaired) electrons. The Balaban J connectivity index is 1.69. The van der Waals surface area contributed by atoms with Gasteiger partial charge in [-0.25, -0.2) is 4.99 Å². The number of guanidine groups is 1. The number of hydrogen-bond acceptors (Lipinski definition) is 3. The standard InChI is InChI=1S/C24H33N5O/c1-19(20-11-6-4-7-12-20)26-24(25-17-23(30)28(2)3)27-21-13-10-16-29(18-21)22-14-8-5-9-15-22/h4-9,11-12,14-15,19,21H,10,13,16-18H2,1-3H3,(H2,25,26,27). The average Bonchev–Trinajstić information content (AvgIpc) is 2.78. The molecule has 2 N–H and O–H groups in total. The van der Waals surface area contributed by atoms with Gasteiger partial charge in [0.15, 0.2) is 5.96 Å². The van der Waals surface area contributed by atoms with E-state index in [9.17, 15) is 4.79 Å². The van der Waals surface area contributed by atoms with E-state index < -0.39 is 0 Å². The van der Waals surface area contributed by atoms with Crippen molar-refractivity contribution in [1.29, 1.82) is 0 Å². The molecule has 30 heavy (non-hydrogen) atoms. The van der Waals surface area contributed by atoms with E-state index in [1.165, 1.54) is 11.3 Å². The van der Waals surface area contributed by atoms with Gasteiger partial charge in [-0.3, -0.25) is 4.79 Å². The fraction of sp³-hybridized carbons (Fsp3) is 0.417. The second-order valence-corrected chi connectivity index (χ2v) is 7.99. The summed E-state index contributed by atoms with van der Waals surface area (Å²) >= 11 is 0. The lowest BCUT2D eigenvalue weighted by molar-refractivity contribution is -0.127. The van der Waals surface area contributed by atoms with Gasteiger partial charge in [-0.05, 0) is 37.5 Å². The first-order chi connectivity index (χ1) is 14.5. The molecule has 6 nitrogen and oxygen atoms in total. The van der Waals surface area contributed by atoms with Crippen molar-refractivity contribution in [1.82, 2.24) is 15.5 Å². The number of para-hydroxylation sites is 1. The highest BCUT2D eigenvalue weighted by molar-refractivity contribution is 5.85. The van der Waals surface area contributed by atoms with Crippen molar-refractivity contribution in [3.05, 3.63) is 66.2 Å². The minimum atomic E-state index is -0.0157. The van der Waals surface area contributed by atoms with Crippen LogP contribution in [-0.4, -0.2) is 56.5 Å². The van der Waals surface area contributed by atoms with Crippen LogP contribution in [0.2, 0.25) is 0 Å². The van der Waals surface area contributed by atoms with E-state index in [2.05, 4.69) is 63.8 Å². The van der Waals surface area contributed by atoms with E-state index in [0.29, 0.717) is 5.96 Å². The number of carbonyl (C=O) groups excluding carboxylic acids is 1. The Kier molecular flexibility index (Phi) is 7.71. The molecule has 0 aliphatic carbocycles. The molecule has 2 aromatic carbocycles. The number of nitrogens with zero attached hydrogens (tertiary/aromatic N) is 3. The maximum Gasteiger partial charge on any atom is 0.243 e. The summed E-state index contributed by atoms with van der Waals surface area (Å²) < 4.78 is 0. The first-order valence-corrected chi connectivity index (χ1v) is 10.7. The zero-order valence-corrected chi connectivity index (χ0v) is 18.2. The molecular weight excluding hydrogens is 374 g/mol. The van der Waals surface area contributed by atoms with Gasteiger partial charge < -0.3 is 20.4 Å². The van der Waals surface area contributed by atoms with Gasteiger partial charge in [-0.15, -0.1) is 0 Å². The summed E-state index contributed by atoms with van der Waals surface area (Å²) in [4.78, 5) is 20.7. The van der Waals surface area contributed by atoms with Gasteiger partial charge in [-0.1, -0.05) is 48.5 Å². The van der Waals surface area contributed by atoms with Crippen LogP contribution in [0.5, 0.6) is 0 Å². The fourth-order valence-corrected chi connectivity index (χ4v) is 3.61. The molecule has 2 unspecified atom stereocenters. The van der Waals surface area contributed by atoms with Crippen molar-refractivity contribution in [3.8, 4) is 0 Å². The highest BCUT2D eigenvalue weighted by atomic mass is 16.2. The third-order valence-corrected chi connectivity index (χ3v) is 5.41. The second-order valence-electron chi connectivity index (χ2n) is 7.99. The van der Waals surface area contributed by atoms with Gasteiger partial charge in [0.1, 0.15) is 6.54 Å². The summed E-state index contributed by atoms with van der Waals surface area (Å²) in [5, 5.41) is 7.06. The summed E-state index contributed by atoms with van der Waals surface area (Å²) in [6.07, 6.45) is 2.19. The van der Waals surface area contributed by atoms with Crippen LogP contribution in [0.1, 0.15) is 31.4 Å². The van der Waals surface area contributed by atoms with Crippen molar-refractivity contribution >= 4 is 17.6 Å². The lowest BCUT2D eigenvalue weighted by atomic mass is 10.0. The molecule has 0 aromatic heterocycles. The Morgan fingerprint density at radius 3 is 2.47 bits per heavy atom. The Morgan fingerprint density at radius 2 is 1.80 bits per heavy atom. The van der Waals surface area contributed by atoms with Crippen molar-refractivity contribution in [3.63, 3.8) is 0 Å². The van der Waals surface area contributed by atoms with Crippen LogP contribution in [0.4, 0.5) is 5.69 Å². The molecule has 2 atom stereocenters. The smallest absolute Gasteiger partial charge is 0.243 e. The number of nitrogens with one attached hydrogen (secondary N) is 2. The van der Waals surface area contributed by atoms with Gasteiger partial charge in [0.2, 0.25) is 5.91 Å². The molecule has 1 saturated heterocycles. The van der Waals surface area contributed by atoms with Crippen molar-refractivity contribution in [2.45, 2.75) is 31.8 Å². The van der Waals surface area contributed by atoms with Crippen molar-refractivity contribution < 1.29 is 4.79 Å². The Labute approximate surface area is 180 Å². The minimum Gasteiger partial charge on any atom is -0.369 e. The summed E-state index contributed by atoms with van der Waals surface area (Å²) in [5.74, 6) is 0.666. The molecule has 2 aromatic rings. The summed E-state index contributed by atoms with van der Waals surface area (Å²) in [6.45, 7) is 4.20.